The maximum atomic E-state index is 11.8. The van der Waals surface area contributed by atoms with E-state index in [1.165, 1.54) is 7.11 Å². The van der Waals surface area contributed by atoms with Crippen LogP contribution < -0.4 is 4.74 Å². The zero-order chi connectivity index (χ0) is 18.7. The highest BCUT2D eigenvalue weighted by atomic mass is 16.5. The maximum Gasteiger partial charge on any atom is 0.311 e. The number of pyridine rings is 1. The van der Waals surface area contributed by atoms with Crippen molar-refractivity contribution in [1.29, 1.82) is 0 Å². The summed E-state index contributed by atoms with van der Waals surface area (Å²) in [6.07, 6.45) is 1.87. The van der Waals surface area contributed by atoms with E-state index in [0.717, 1.165) is 16.8 Å². The molecule has 0 unspecified atom stereocenters. The first-order valence-electron chi connectivity index (χ1n) is 8.13. The summed E-state index contributed by atoms with van der Waals surface area (Å²) in [6, 6.07) is 9.53. The van der Waals surface area contributed by atoms with E-state index in [9.17, 15) is 4.79 Å². The Balaban J connectivity index is 2.11. The summed E-state index contributed by atoms with van der Waals surface area (Å²) in [4.78, 5) is 16.3. The van der Waals surface area contributed by atoms with E-state index in [0.29, 0.717) is 22.9 Å². The van der Waals surface area contributed by atoms with Crippen molar-refractivity contribution in [2.45, 2.75) is 20.3 Å². The topological polar surface area (TPSA) is 77.5 Å². The number of imidazole rings is 1. The number of carbonyl (C=O) groups is 1. The molecule has 0 radical (unpaired) electrons. The smallest absolute Gasteiger partial charge is 0.311 e. The van der Waals surface area contributed by atoms with Crippen molar-refractivity contribution in [2.75, 3.05) is 14.2 Å². The van der Waals surface area contributed by atoms with Crippen molar-refractivity contribution in [3.05, 3.63) is 53.3 Å². The van der Waals surface area contributed by atoms with Crippen LogP contribution >= 0.6 is 0 Å². The summed E-state index contributed by atoms with van der Waals surface area (Å²) in [5.74, 6) is 0.743. The van der Waals surface area contributed by atoms with Gasteiger partial charge >= 0.3 is 5.97 Å². The molecule has 0 aliphatic carbocycles. The van der Waals surface area contributed by atoms with Crippen LogP contribution in [0.2, 0.25) is 0 Å². The van der Waals surface area contributed by atoms with Crippen molar-refractivity contribution < 1.29 is 14.3 Å². The fraction of sp³-hybridized carbons (Fsp3) is 0.263. The number of nitrogens with zero attached hydrogens (tertiary/aromatic N) is 4. The number of carbonyl (C=O) groups excluding carboxylic acids is 1. The molecular weight excluding hydrogens is 332 g/mol. The molecular formula is C19H20N4O3. The second-order valence-electron chi connectivity index (χ2n) is 5.90. The minimum absolute atomic E-state index is 0.0247. The minimum Gasteiger partial charge on any atom is -0.494 e. The van der Waals surface area contributed by atoms with Crippen LogP contribution in [0.1, 0.15) is 16.8 Å². The lowest BCUT2D eigenvalue weighted by atomic mass is 10.2. The molecule has 7 nitrogen and oxygen atoms in total. The lowest BCUT2D eigenvalue weighted by molar-refractivity contribution is -0.139. The Morgan fingerprint density at radius 3 is 2.73 bits per heavy atom. The Morgan fingerprint density at radius 2 is 2.00 bits per heavy atom. The highest BCUT2D eigenvalue weighted by Gasteiger charge is 2.17. The van der Waals surface area contributed by atoms with Gasteiger partial charge in [-0.1, -0.05) is 12.1 Å². The SMILES string of the molecule is COC(=O)Cc1nc2c(C)cccn2c1N=Nc1cc(C)ccc1OC. The fourth-order valence-corrected chi connectivity index (χ4v) is 2.65. The van der Waals surface area contributed by atoms with Gasteiger partial charge in [-0.15, -0.1) is 10.2 Å². The average molecular weight is 352 g/mol. The molecule has 26 heavy (non-hydrogen) atoms. The summed E-state index contributed by atoms with van der Waals surface area (Å²) in [5.41, 5.74) is 3.88. The van der Waals surface area contributed by atoms with Crippen LogP contribution in [-0.2, 0) is 16.0 Å². The van der Waals surface area contributed by atoms with Gasteiger partial charge in [-0.05, 0) is 43.2 Å². The number of fused-ring (bicyclic) bond motifs is 1. The quantitative estimate of drug-likeness (QED) is 0.512. The van der Waals surface area contributed by atoms with Crippen LogP contribution in [0, 0.1) is 13.8 Å². The van der Waals surface area contributed by atoms with E-state index in [4.69, 9.17) is 9.47 Å². The molecule has 1 aromatic carbocycles. The van der Waals surface area contributed by atoms with Gasteiger partial charge in [-0.2, -0.15) is 0 Å². The molecule has 0 bridgehead atoms. The highest BCUT2D eigenvalue weighted by molar-refractivity contribution is 5.74. The number of azo groups is 1. The van der Waals surface area contributed by atoms with Gasteiger partial charge in [0.1, 0.15) is 17.1 Å². The molecule has 134 valence electrons. The van der Waals surface area contributed by atoms with E-state index >= 15 is 0 Å². The Labute approximate surface area is 151 Å². The lowest BCUT2D eigenvalue weighted by Crippen LogP contribution is -2.04. The van der Waals surface area contributed by atoms with E-state index in [1.54, 1.807) is 7.11 Å². The summed E-state index contributed by atoms with van der Waals surface area (Å²) in [5, 5.41) is 8.72. The normalized spacial score (nSPS) is 11.2. The zero-order valence-corrected chi connectivity index (χ0v) is 15.2. The number of esters is 1. The highest BCUT2D eigenvalue weighted by Crippen LogP contribution is 2.31. The molecule has 2 aromatic heterocycles. The first-order chi connectivity index (χ1) is 12.5. The number of ether oxygens (including phenoxy) is 2. The number of hydrogen-bond donors (Lipinski definition) is 0. The van der Waals surface area contributed by atoms with Crippen LogP contribution in [0.4, 0.5) is 11.5 Å². The van der Waals surface area contributed by atoms with Gasteiger partial charge in [-0.25, -0.2) is 4.98 Å². The van der Waals surface area contributed by atoms with Crippen LogP contribution in [0.25, 0.3) is 5.65 Å². The summed E-state index contributed by atoms with van der Waals surface area (Å²) < 4.78 is 11.9. The second-order valence-corrected chi connectivity index (χ2v) is 5.90. The molecule has 2 heterocycles. The molecule has 0 saturated carbocycles. The molecule has 0 fully saturated rings. The summed E-state index contributed by atoms with van der Waals surface area (Å²) in [6.45, 7) is 3.92. The second kappa shape index (κ2) is 7.35. The molecule has 0 amide bonds. The number of methoxy groups -OCH3 is 2. The minimum atomic E-state index is -0.379. The fourth-order valence-electron chi connectivity index (χ4n) is 2.65. The van der Waals surface area contributed by atoms with Gasteiger partial charge in [0.15, 0.2) is 5.82 Å². The van der Waals surface area contributed by atoms with Crippen molar-refractivity contribution in [3.63, 3.8) is 0 Å². The monoisotopic (exact) mass is 352 g/mol. The van der Waals surface area contributed by atoms with Crippen molar-refractivity contribution in [1.82, 2.24) is 9.38 Å². The zero-order valence-electron chi connectivity index (χ0n) is 15.2. The number of rotatable bonds is 5. The van der Waals surface area contributed by atoms with E-state index in [1.807, 2.05) is 54.8 Å². The third kappa shape index (κ3) is 3.42. The Morgan fingerprint density at radius 1 is 1.19 bits per heavy atom. The molecule has 3 rings (SSSR count). The number of aryl methyl sites for hydroxylation is 2. The van der Waals surface area contributed by atoms with Crippen LogP contribution in [-0.4, -0.2) is 29.6 Å². The Kier molecular flexibility index (Phi) is 4.97. The third-order valence-corrected chi connectivity index (χ3v) is 4.02. The van der Waals surface area contributed by atoms with Gasteiger partial charge in [0.25, 0.3) is 0 Å². The van der Waals surface area contributed by atoms with Crippen molar-refractivity contribution in [2.24, 2.45) is 10.2 Å². The molecule has 0 atom stereocenters. The first kappa shape index (κ1) is 17.6. The standard InChI is InChI=1S/C19H20N4O3/c1-12-7-8-16(25-3)14(10-12)21-22-19-15(11-17(24)26-4)20-18-13(2)6-5-9-23(18)19/h5-10H,11H2,1-4H3. The lowest BCUT2D eigenvalue weighted by Gasteiger charge is -2.04. The van der Waals surface area contributed by atoms with E-state index in [-0.39, 0.29) is 12.4 Å². The first-order valence-corrected chi connectivity index (χ1v) is 8.13. The summed E-state index contributed by atoms with van der Waals surface area (Å²) in [7, 11) is 2.94. The van der Waals surface area contributed by atoms with Crippen LogP contribution in [0.15, 0.2) is 46.8 Å². The maximum absolute atomic E-state index is 11.8. The molecule has 0 spiro atoms. The van der Waals surface area contributed by atoms with Crippen LogP contribution in [0.5, 0.6) is 5.75 Å². The molecule has 7 heteroatoms. The largest absolute Gasteiger partial charge is 0.494 e. The van der Waals surface area contributed by atoms with E-state index in [2.05, 4.69) is 15.2 Å². The molecule has 0 N–H and O–H groups in total. The van der Waals surface area contributed by atoms with Crippen molar-refractivity contribution in [3.8, 4) is 5.75 Å². The van der Waals surface area contributed by atoms with Crippen molar-refractivity contribution >= 4 is 23.1 Å². The van der Waals surface area contributed by atoms with Gasteiger partial charge in [0, 0.05) is 6.20 Å². The summed E-state index contributed by atoms with van der Waals surface area (Å²) >= 11 is 0. The van der Waals surface area contributed by atoms with E-state index < -0.39 is 0 Å². The van der Waals surface area contributed by atoms with Crippen LogP contribution in [0.3, 0.4) is 0 Å². The predicted molar refractivity (Wildman–Crippen MR) is 97.6 cm³/mol. The number of aromatic nitrogens is 2. The molecule has 0 saturated heterocycles. The third-order valence-electron chi connectivity index (χ3n) is 4.02. The number of benzene rings is 1. The Hall–Kier alpha value is -3.22. The number of hydrogen-bond acceptors (Lipinski definition) is 6. The van der Waals surface area contributed by atoms with Gasteiger partial charge in [-0.3, -0.25) is 9.20 Å². The molecule has 3 aromatic rings. The molecule has 0 aliphatic rings. The van der Waals surface area contributed by atoms with Gasteiger partial charge < -0.3 is 9.47 Å². The Bertz CT molecular complexity index is 992. The van der Waals surface area contributed by atoms with Gasteiger partial charge in [0.2, 0.25) is 0 Å². The van der Waals surface area contributed by atoms with Gasteiger partial charge in [0.05, 0.1) is 26.3 Å². The molecule has 0 aliphatic heterocycles. The average Bonchev–Trinajstić information content (AvgIpc) is 2.98. The predicted octanol–water partition coefficient (Wildman–Crippen LogP) is 4.09.